The molecule has 0 aromatic heterocycles. The second-order valence-electron chi connectivity index (χ2n) is 25.7. The molecule has 0 saturated carbocycles. The molecule has 0 aliphatic rings. The highest BCUT2D eigenvalue weighted by Gasteiger charge is 2.27. The molecule has 10 heteroatoms. The summed E-state index contributed by atoms with van der Waals surface area (Å²) in [5.41, 5.74) is 0. The van der Waals surface area contributed by atoms with Crippen LogP contribution in [0.1, 0.15) is 329 Å². The molecule has 0 radical (unpaired) electrons. The van der Waals surface area contributed by atoms with Gasteiger partial charge in [-0.05, 0) is 109 Å². The van der Waals surface area contributed by atoms with E-state index in [1.165, 1.54) is 173 Å². The molecular formula is C77H139N2O7P. The molecule has 1 N–H and O–H groups in total. The largest absolute Gasteiger partial charge is 0.756 e. The summed E-state index contributed by atoms with van der Waals surface area (Å²) in [6.07, 6.45) is 89.7. The van der Waals surface area contributed by atoms with E-state index in [4.69, 9.17) is 13.8 Å². The van der Waals surface area contributed by atoms with Crippen LogP contribution in [0, 0.1) is 0 Å². The van der Waals surface area contributed by atoms with Crippen LogP contribution in [0.25, 0.3) is 0 Å². The normalized spacial score (nSPS) is 14.1. The predicted molar refractivity (Wildman–Crippen MR) is 376 cm³/mol. The van der Waals surface area contributed by atoms with Gasteiger partial charge in [0.25, 0.3) is 7.82 Å². The molecule has 0 bridgehead atoms. The summed E-state index contributed by atoms with van der Waals surface area (Å²) >= 11 is 0. The van der Waals surface area contributed by atoms with Gasteiger partial charge in [0.1, 0.15) is 19.3 Å². The zero-order valence-corrected chi connectivity index (χ0v) is 58.6. The van der Waals surface area contributed by atoms with Gasteiger partial charge >= 0.3 is 5.97 Å². The molecule has 504 valence electrons. The van der Waals surface area contributed by atoms with Crippen LogP contribution in [0.15, 0.2) is 97.2 Å². The van der Waals surface area contributed by atoms with Crippen molar-refractivity contribution >= 4 is 19.7 Å². The van der Waals surface area contributed by atoms with Crippen molar-refractivity contribution in [2.75, 3.05) is 40.9 Å². The van der Waals surface area contributed by atoms with Gasteiger partial charge in [-0.3, -0.25) is 14.2 Å². The molecule has 9 nitrogen and oxygen atoms in total. The topological polar surface area (TPSA) is 114 Å². The average Bonchev–Trinajstić information content (AvgIpc) is 3.70. The van der Waals surface area contributed by atoms with Crippen LogP contribution in [0.4, 0.5) is 0 Å². The Morgan fingerprint density at radius 2 is 0.736 bits per heavy atom. The molecule has 0 spiro atoms. The highest BCUT2D eigenvalue weighted by Crippen LogP contribution is 2.38. The van der Waals surface area contributed by atoms with E-state index in [9.17, 15) is 19.0 Å². The van der Waals surface area contributed by atoms with Gasteiger partial charge in [-0.1, -0.05) is 305 Å². The molecular weight excluding hydrogens is 1100 g/mol. The van der Waals surface area contributed by atoms with Gasteiger partial charge in [0, 0.05) is 12.8 Å². The van der Waals surface area contributed by atoms with Gasteiger partial charge in [0.05, 0.1) is 33.8 Å². The first-order valence-electron chi connectivity index (χ1n) is 36.5. The zero-order chi connectivity index (χ0) is 63.5. The first-order chi connectivity index (χ1) is 42.4. The lowest BCUT2D eigenvalue weighted by Gasteiger charge is -2.30. The number of likely N-dealkylation sites (N-methyl/N-ethyl adjacent to an activating group) is 1. The lowest BCUT2D eigenvalue weighted by atomic mass is 10.0. The van der Waals surface area contributed by atoms with E-state index in [1.807, 2.05) is 33.3 Å². The lowest BCUT2D eigenvalue weighted by molar-refractivity contribution is -0.870. The number of phosphoric acid groups is 1. The minimum absolute atomic E-state index is 0.0286. The molecule has 0 rings (SSSR count). The SMILES string of the molecule is CC/C=C\C/C=C\C/C=C\C/C=C\C/C=C\C/C=C\CCCCCCCCC(=O)NC(COP(=O)([O-])OCC[N+](C)(C)C)C(/C=C/CCCCCCCCCCC)OC(=O)CCCCCCCCCCCCCCCCC/C=C/CCCCCCCC. The van der Waals surface area contributed by atoms with Crippen molar-refractivity contribution < 1.29 is 37.3 Å². The number of rotatable bonds is 66. The van der Waals surface area contributed by atoms with Crippen molar-refractivity contribution in [1.29, 1.82) is 0 Å². The minimum atomic E-state index is -4.71. The van der Waals surface area contributed by atoms with Crippen molar-refractivity contribution in [3.63, 3.8) is 0 Å². The Labute approximate surface area is 538 Å². The Morgan fingerprint density at radius 3 is 1.11 bits per heavy atom. The van der Waals surface area contributed by atoms with E-state index in [2.05, 4.69) is 111 Å². The summed E-state index contributed by atoms with van der Waals surface area (Å²) < 4.78 is 30.4. The number of carbonyl (C=O) groups is 2. The highest BCUT2D eigenvalue weighted by atomic mass is 31.2. The first kappa shape index (κ1) is 83.9. The third kappa shape index (κ3) is 67.2. The van der Waals surface area contributed by atoms with Gasteiger partial charge in [-0.25, -0.2) is 0 Å². The Kier molecular flexibility index (Phi) is 63.5. The standard InChI is InChI=1S/C77H139N2O7P/c1-7-10-13-16-19-22-25-27-29-31-33-35-37-39-41-43-45-47-49-51-54-57-60-63-66-69-76(80)78-74(73-85-87(82,83)84-72-71-79(4,5)6)75(68-65-62-59-56-53-24-21-18-15-12-9-3)86-77(81)70-67-64-61-58-55-52-50-48-46-44-42-40-38-36-34-32-30-28-26-23-20-17-14-11-8-2/h10,13,19,22,27-30,33,35,39,41,45,47,65,68,74-75H,7-9,11-12,14-18,20-21,23-26,31-32,34,36-38,40,42-44,46,48-64,66-67,69-73H2,1-6H3,(H-,78,80,82,83)/b13-10-,22-19-,29-27-,30-28+,35-33-,41-39-,47-45-,68-65+. The molecule has 0 saturated heterocycles. The number of allylic oxidation sites excluding steroid dienone is 15. The maximum Gasteiger partial charge on any atom is 0.306 e. The molecule has 0 heterocycles. The van der Waals surface area contributed by atoms with Crippen molar-refractivity contribution in [1.82, 2.24) is 5.32 Å². The van der Waals surface area contributed by atoms with Crippen molar-refractivity contribution in [3.05, 3.63) is 97.2 Å². The lowest BCUT2D eigenvalue weighted by Crippen LogP contribution is -2.47. The number of quaternary nitrogens is 1. The first-order valence-corrected chi connectivity index (χ1v) is 38.0. The number of hydrogen-bond acceptors (Lipinski definition) is 7. The van der Waals surface area contributed by atoms with Crippen LogP contribution in [-0.2, 0) is 27.9 Å². The van der Waals surface area contributed by atoms with E-state index in [-0.39, 0.29) is 24.9 Å². The third-order valence-corrected chi connectivity index (χ3v) is 17.0. The van der Waals surface area contributed by atoms with E-state index < -0.39 is 26.6 Å². The Hall–Kier alpha value is -3.07. The monoisotopic (exact) mass is 1240 g/mol. The van der Waals surface area contributed by atoms with Crippen LogP contribution in [0.2, 0.25) is 0 Å². The van der Waals surface area contributed by atoms with Crippen LogP contribution in [0.5, 0.6) is 0 Å². The van der Waals surface area contributed by atoms with Crippen molar-refractivity contribution in [3.8, 4) is 0 Å². The minimum Gasteiger partial charge on any atom is -0.756 e. The average molecular weight is 1240 g/mol. The quantitative estimate of drug-likeness (QED) is 0.0212. The number of ether oxygens (including phenoxy) is 1. The molecule has 1 amide bonds. The molecule has 0 fully saturated rings. The van der Waals surface area contributed by atoms with Gasteiger partial charge < -0.3 is 28.5 Å². The third-order valence-electron chi connectivity index (χ3n) is 16.0. The second-order valence-corrected chi connectivity index (χ2v) is 27.1. The van der Waals surface area contributed by atoms with Crippen LogP contribution in [0.3, 0.4) is 0 Å². The molecule has 3 atom stereocenters. The van der Waals surface area contributed by atoms with Crippen molar-refractivity contribution in [2.24, 2.45) is 0 Å². The molecule has 3 unspecified atom stereocenters. The number of nitrogens with zero attached hydrogens (tertiary/aromatic N) is 1. The fourth-order valence-electron chi connectivity index (χ4n) is 10.4. The summed E-state index contributed by atoms with van der Waals surface area (Å²) in [5.74, 6) is -0.553. The Morgan fingerprint density at radius 1 is 0.414 bits per heavy atom. The fraction of sp³-hybridized carbons (Fsp3) is 0.766. The van der Waals surface area contributed by atoms with E-state index in [1.54, 1.807) is 0 Å². The van der Waals surface area contributed by atoms with Gasteiger partial charge in [0.15, 0.2) is 0 Å². The van der Waals surface area contributed by atoms with Gasteiger partial charge in [-0.15, -0.1) is 0 Å². The van der Waals surface area contributed by atoms with Gasteiger partial charge in [-0.2, -0.15) is 0 Å². The van der Waals surface area contributed by atoms with Crippen molar-refractivity contribution in [2.45, 2.75) is 341 Å². The number of hydrogen-bond donors (Lipinski definition) is 1. The highest BCUT2D eigenvalue weighted by molar-refractivity contribution is 7.45. The molecule has 0 aliphatic heterocycles. The van der Waals surface area contributed by atoms with Gasteiger partial charge in [0.2, 0.25) is 5.91 Å². The number of esters is 1. The molecule has 0 aliphatic carbocycles. The number of nitrogens with one attached hydrogen (secondary N) is 1. The number of unbranched alkanes of at least 4 members (excludes halogenated alkanes) is 36. The number of phosphoric ester groups is 1. The number of carbonyl (C=O) groups excluding carboxylic acids is 2. The Balaban J connectivity index is 5.02. The summed E-state index contributed by atoms with van der Waals surface area (Å²) in [7, 11) is 1.17. The van der Waals surface area contributed by atoms with E-state index in [0.717, 1.165) is 122 Å². The second kappa shape index (κ2) is 65.9. The number of amides is 1. The smallest absolute Gasteiger partial charge is 0.306 e. The Bertz CT molecular complexity index is 1810. The van der Waals surface area contributed by atoms with E-state index in [0.29, 0.717) is 17.4 Å². The summed E-state index contributed by atoms with van der Waals surface area (Å²) in [6.45, 7) is 6.74. The maximum atomic E-state index is 13.6. The molecule has 0 aromatic carbocycles. The van der Waals surface area contributed by atoms with Crippen LogP contribution in [-0.4, -0.2) is 69.4 Å². The predicted octanol–water partition coefficient (Wildman–Crippen LogP) is 22.8. The van der Waals surface area contributed by atoms with Crippen LogP contribution < -0.4 is 10.2 Å². The summed E-state index contributed by atoms with van der Waals surface area (Å²) in [6, 6.07) is -0.902. The fourth-order valence-corrected chi connectivity index (χ4v) is 11.1. The zero-order valence-electron chi connectivity index (χ0n) is 57.7. The van der Waals surface area contributed by atoms with E-state index >= 15 is 0 Å². The molecule has 0 aromatic rings. The summed E-state index contributed by atoms with van der Waals surface area (Å²) in [4.78, 5) is 40.2. The summed E-state index contributed by atoms with van der Waals surface area (Å²) in [5, 5.41) is 3.03. The maximum absolute atomic E-state index is 13.6. The van der Waals surface area contributed by atoms with Crippen LogP contribution >= 0.6 is 7.82 Å². The molecule has 87 heavy (non-hydrogen) atoms.